The molecule has 0 radical (unpaired) electrons. The summed E-state index contributed by atoms with van der Waals surface area (Å²) in [6.07, 6.45) is 19.7. The van der Waals surface area contributed by atoms with Gasteiger partial charge in [-0.15, -0.1) is 0 Å². The summed E-state index contributed by atoms with van der Waals surface area (Å²) in [5.74, 6) is 0.0805. The third-order valence-electron chi connectivity index (χ3n) is 4.24. The Morgan fingerprint density at radius 2 is 1.48 bits per heavy atom. The second-order valence-electron chi connectivity index (χ2n) is 6.48. The molecule has 23 heavy (non-hydrogen) atoms. The summed E-state index contributed by atoms with van der Waals surface area (Å²) in [6, 6.07) is -0.0729. The van der Waals surface area contributed by atoms with Crippen molar-refractivity contribution in [3.63, 3.8) is 0 Å². The number of rotatable bonds is 16. The van der Waals surface area contributed by atoms with E-state index in [1.165, 1.54) is 57.8 Å². The van der Waals surface area contributed by atoms with Gasteiger partial charge in [0.1, 0.15) is 0 Å². The van der Waals surface area contributed by atoms with Crippen LogP contribution < -0.4 is 5.32 Å². The molecule has 0 fully saturated rings. The van der Waals surface area contributed by atoms with Crippen molar-refractivity contribution in [3.05, 3.63) is 12.2 Å². The van der Waals surface area contributed by atoms with E-state index in [-0.39, 0.29) is 18.6 Å². The lowest BCUT2D eigenvalue weighted by atomic mass is 10.1. The topological polar surface area (TPSA) is 49.3 Å². The van der Waals surface area contributed by atoms with Gasteiger partial charge in [-0.25, -0.2) is 0 Å². The van der Waals surface area contributed by atoms with E-state index in [9.17, 15) is 4.79 Å². The van der Waals surface area contributed by atoms with E-state index >= 15 is 0 Å². The van der Waals surface area contributed by atoms with Crippen molar-refractivity contribution in [1.29, 1.82) is 0 Å². The van der Waals surface area contributed by atoms with Crippen LogP contribution >= 0.6 is 0 Å². The van der Waals surface area contributed by atoms with Gasteiger partial charge in [0, 0.05) is 6.42 Å². The third-order valence-corrected chi connectivity index (χ3v) is 4.24. The van der Waals surface area contributed by atoms with E-state index < -0.39 is 0 Å². The van der Waals surface area contributed by atoms with Gasteiger partial charge in [-0.05, 0) is 38.5 Å². The molecule has 0 aliphatic rings. The molecular formula is C20H39NO2. The second-order valence-corrected chi connectivity index (χ2v) is 6.48. The summed E-state index contributed by atoms with van der Waals surface area (Å²) >= 11 is 0. The van der Waals surface area contributed by atoms with Gasteiger partial charge in [0.25, 0.3) is 0 Å². The highest BCUT2D eigenvalue weighted by Gasteiger charge is 2.08. The maximum Gasteiger partial charge on any atom is 0.220 e. The molecule has 0 saturated carbocycles. The molecule has 0 bridgehead atoms. The summed E-state index contributed by atoms with van der Waals surface area (Å²) in [7, 11) is 0. The van der Waals surface area contributed by atoms with E-state index in [2.05, 4.69) is 24.4 Å². The van der Waals surface area contributed by atoms with E-state index in [0.29, 0.717) is 6.42 Å². The molecule has 0 aromatic heterocycles. The first-order valence-electron chi connectivity index (χ1n) is 9.79. The van der Waals surface area contributed by atoms with Crippen LogP contribution in [0, 0.1) is 0 Å². The zero-order valence-electron chi connectivity index (χ0n) is 15.5. The van der Waals surface area contributed by atoms with Crippen LogP contribution in [0.1, 0.15) is 97.3 Å². The monoisotopic (exact) mass is 325 g/mol. The maximum absolute atomic E-state index is 11.6. The van der Waals surface area contributed by atoms with Crippen LogP contribution in [0.4, 0.5) is 0 Å². The average Bonchev–Trinajstić information content (AvgIpc) is 2.56. The Bertz CT molecular complexity index is 285. The molecule has 0 saturated heterocycles. The van der Waals surface area contributed by atoms with Gasteiger partial charge >= 0.3 is 0 Å². The summed E-state index contributed by atoms with van der Waals surface area (Å²) in [6.45, 7) is 4.26. The predicted octanol–water partition coefficient (Wildman–Crippen LogP) is 5.13. The van der Waals surface area contributed by atoms with Gasteiger partial charge in [-0.1, -0.05) is 64.5 Å². The molecular weight excluding hydrogens is 286 g/mol. The molecule has 0 aliphatic heterocycles. The Labute approximate surface area is 143 Å². The van der Waals surface area contributed by atoms with Crippen LogP contribution in [0.15, 0.2) is 12.2 Å². The van der Waals surface area contributed by atoms with Crippen molar-refractivity contribution in [2.24, 2.45) is 0 Å². The minimum atomic E-state index is -0.0729. The highest BCUT2D eigenvalue weighted by Crippen LogP contribution is 2.09. The summed E-state index contributed by atoms with van der Waals surface area (Å²) in [5, 5.41) is 11.9. The summed E-state index contributed by atoms with van der Waals surface area (Å²) < 4.78 is 0. The van der Waals surface area contributed by atoms with Crippen LogP contribution in [0.2, 0.25) is 0 Å². The number of amides is 1. The molecule has 136 valence electrons. The molecule has 1 amide bonds. The number of nitrogens with one attached hydrogen (secondary N) is 1. The lowest BCUT2D eigenvalue weighted by Gasteiger charge is -2.13. The molecule has 0 aromatic carbocycles. The fraction of sp³-hybridized carbons (Fsp3) is 0.850. The summed E-state index contributed by atoms with van der Waals surface area (Å²) in [4.78, 5) is 11.6. The molecule has 0 rings (SSSR count). The SMILES string of the molecule is CCCCCCC=CCCCCCCCC(=O)NC(CC)CO. The Morgan fingerprint density at radius 3 is 2.04 bits per heavy atom. The van der Waals surface area contributed by atoms with Gasteiger partial charge in [-0.2, -0.15) is 0 Å². The van der Waals surface area contributed by atoms with Crippen molar-refractivity contribution in [2.45, 2.75) is 103 Å². The summed E-state index contributed by atoms with van der Waals surface area (Å²) in [5.41, 5.74) is 0. The highest BCUT2D eigenvalue weighted by atomic mass is 16.3. The number of hydrogen-bond donors (Lipinski definition) is 2. The molecule has 3 heteroatoms. The van der Waals surface area contributed by atoms with Crippen molar-refractivity contribution >= 4 is 5.91 Å². The van der Waals surface area contributed by atoms with E-state index in [1.54, 1.807) is 0 Å². The van der Waals surface area contributed by atoms with Crippen molar-refractivity contribution in [1.82, 2.24) is 5.32 Å². The van der Waals surface area contributed by atoms with Crippen LogP contribution in [0.25, 0.3) is 0 Å². The van der Waals surface area contributed by atoms with Crippen molar-refractivity contribution in [2.75, 3.05) is 6.61 Å². The second kappa shape index (κ2) is 17.5. The number of aliphatic hydroxyl groups is 1. The van der Waals surface area contributed by atoms with Gasteiger partial charge in [0.15, 0.2) is 0 Å². The average molecular weight is 326 g/mol. The quantitative estimate of drug-likeness (QED) is 0.305. The number of carbonyl (C=O) groups excluding carboxylic acids is 1. The molecule has 2 N–H and O–H groups in total. The van der Waals surface area contributed by atoms with E-state index in [0.717, 1.165) is 19.3 Å². The van der Waals surface area contributed by atoms with Crippen LogP contribution in [-0.4, -0.2) is 23.7 Å². The van der Waals surface area contributed by atoms with E-state index in [1.807, 2.05) is 6.92 Å². The smallest absolute Gasteiger partial charge is 0.220 e. The lowest BCUT2D eigenvalue weighted by molar-refractivity contribution is -0.122. The third kappa shape index (κ3) is 15.8. The molecule has 0 aromatic rings. The maximum atomic E-state index is 11.6. The minimum Gasteiger partial charge on any atom is -0.394 e. The molecule has 0 heterocycles. The predicted molar refractivity (Wildman–Crippen MR) is 99.5 cm³/mol. The van der Waals surface area contributed by atoms with E-state index in [4.69, 9.17) is 5.11 Å². The minimum absolute atomic E-state index is 0.0361. The molecule has 1 unspecified atom stereocenters. The number of allylic oxidation sites excluding steroid dienone is 2. The fourth-order valence-electron chi connectivity index (χ4n) is 2.58. The van der Waals surface area contributed by atoms with Crippen molar-refractivity contribution < 1.29 is 9.90 Å². The first-order valence-corrected chi connectivity index (χ1v) is 9.79. The van der Waals surface area contributed by atoms with Crippen LogP contribution in [-0.2, 0) is 4.79 Å². The Balaban J connectivity index is 3.30. The first-order chi connectivity index (χ1) is 11.2. The normalized spacial score (nSPS) is 12.7. The Morgan fingerprint density at radius 1 is 0.913 bits per heavy atom. The zero-order chi connectivity index (χ0) is 17.2. The number of unbranched alkanes of at least 4 members (excludes halogenated alkanes) is 9. The highest BCUT2D eigenvalue weighted by molar-refractivity contribution is 5.76. The molecule has 1 atom stereocenters. The molecule has 0 aliphatic carbocycles. The standard InChI is InChI=1S/C20H39NO2/c1-3-5-6-7-8-9-10-11-12-13-14-15-16-17-20(23)21-19(4-2)18-22/h9-10,19,22H,3-8,11-18H2,1-2H3,(H,21,23). The van der Waals surface area contributed by atoms with Crippen LogP contribution in [0.3, 0.4) is 0 Å². The van der Waals surface area contributed by atoms with Crippen LogP contribution in [0.5, 0.6) is 0 Å². The lowest BCUT2D eigenvalue weighted by Crippen LogP contribution is -2.36. The fourth-order valence-corrected chi connectivity index (χ4v) is 2.58. The molecule has 3 nitrogen and oxygen atoms in total. The van der Waals surface area contributed by atoms with Gasteiger partial charge < -0.3 is 10.4 Å². The number of aliphatic hydroxyl groups excluding tert-OH is 1. The number of carbonyl (C=O) groups is 1. The van der Waals surface area contributed by atoms with Crippen molar-refractivity contribution in [3.8, 4) is 0 Å². The first kappa shape index (κ1) is 22.2. The Hall–Kier alpha value is -0.830. The Kier molecular flexibility index (Phi) is 16.9. The van der Waals surface area contributed by atoms with Gasteiger partial charge in [0.2, 0.25) is 5.91 Å². The number of hydrogen-bond acceptors (Lipinski definition) is 2. The van der Waals surface area contributed by atoms with Gasteiger partial charge in [-0.3, -0.25) is 4.79 Å². The zero-order valence-corrected chi connectivity index (χ0v) is 15.5. The largest absolute Gasteiger partial charge is 0.394 e. The van der Waals surface area contributed by atoms with Gasteiger partial charge in [0.05, 0.1) is 12.6 Å². The molecule has 0 spiro atoms.